The molecule has 0 saturated carbocycles. The number of nitrogen functional groups attached to an aromatic ring is 1. The average molecular weight is 292 g/mol. The van der Waals surface area contributed by atoms with Crippen molar-refractivity contribution in [3.8, 4) is 0 Å². The molecule has 1 rings (SSSR count). The number of nitrogens with one attached hydrogen (secondary N) is 2. The zero-order chi connectivity index (χ0) is 15.3. The number of anilines is 2. The number of hydrogen-bond donors (Lipinski definition) is 3. The molecule has 0 fully saturated rings. The van der Waals surface area contributed by atoms with Crippen LogP contribution in [0.5, 0.6) is 0 Å². The van der Waals surface area contributed by atoms with Crippen LogP contribution in [0, 0.1) is 0 Å². The summed E-state index contributed by atoms with van der Waals surface area (Å²) in [5.41, 5.74) is 2.05. The number of amides is 1. The van der Waals surface area contributed by atoms with Crippen LogP contribution in [-0.2, 0) is 11.0 Å². The molecular formula is C10H15F3N6O. The summed E-state index contributed by atoms with van der Waals surface area (Å²) < 4.78 is 37.9. The molecule has 4 N–H and O–H groups in total. The van der Waals surface area contributed by atoms with Gasteiger partial charge in [0.15, 0.2) is 0 Å². The van der Waals surface area contributed by atoms with Crippen LogP contribution < -0.4 is 21.5 Å². The van der Waals surface area contributed by atoms with Gasteiger partial charge in [0.05, 0.1) is 0 Å². The Bertz CT molecular complexity index is 479. The number of nitrogens with two attached hydrogens (primary N) is 1. The van der Waals surface area contributed by atoms with Crippen molar-refractivity contribution < 1.29 is 18.0 Å². The van der Waals surface area contributed by atoms with Gasteiger partial charge in [0.2, 0.25) is 11.7 Å². The van der Waals surface area contributed by atoms with Gasteiger partial charge >= 0.3 is 6.18 Å². The standard InChI is InChI=1S/C10H15F3N6O/c1-15-8(20)3-4-19(2)7-5-6(18-14)16-9(17-7)10(11,12)13/h5H,3-4,14H2,1-2H3,(H,15,20)(H,16,17,18). The normalized spacial score (nSPS) is 11.1. The highest BCUT2D eigenvalue weighted by Crippen LogP contribution is 2.28. The number of halogens is 3. The first-order chi connectivity index (χ1) is 9.27. The van der Waals surface area contributed by atoms with Crippen molar-refractivity contribution in [1.29, 1.82) is 0 Å². The van der Waals surface area contributed by atoms with E-state index < -0.39 is 12.0 Å². The lowest BCUT2D eigenvalue weighted by Gasteiger charge is -2.19. The van der Waals surface area contributed by atoms with Gasteiger partial charge in [0.1, 0.15) is 11.6 Å². The van der Waals surface area contributed by atoms with E-state index in [0.717, 1.165) is 0 Å². The molecule has 0 unspecified atom stereocenters. The fourth-order valence-corrected chi connectivity index (χ4v) is 1.34. The van der Waals surface area contributed by atoms with Crippen LogP contribution in [0.15, 0.2) is 6.07 Å². The molecule has 0 aliphatic heterocycles. The largest absolute Gasteiger partial charge is 0.451 e. The maximum atomic E-state index is 12.6. The lowest BCUT2D eigenvalue weighted by molar-refractivity contribution is -0.144. The fourth-order valence-electron chi connectivity index (χ4n) is 1.34. The van der Waals surface area contributed by atoms with E-state index in [-0.39, 0.29) is 30.5 Å². The molecule has 7 nitrogen and oxygen atoms in total. The third kappa shape index (κ3) is 4.23. The van der Waals surface area contributed by atoms with E-state index in [1.165, 1.54) is 25.1 Å². The summed E-state index contributed by atoms with van der Waals surface area (Å²) in [6, 6.07) is 1.26. The van der Waals surface area contributed by atoms with E-state index in [1.807, 2.05) is 0 Å². The van der Waals surface area contributed by atoms with E-state index in [4.69, 9.17) is 5.84 Å². The van der Waals surface area contributed by atoms with Crippen LogP contribution in [-0.4, -0.2) is 36.5 Å². The van der Waals surface area contributed by atoms with E-state index in [9.17, 15) is 18.0 Å². The summed E-state index contributed by atoms with van der Waals surface area (Å²) in [6.45, 7) is 0.206. The molecule has 1 amide bonds. The summed E-state index contributed by atoms with van der Waals surface area (Å²) in [5, 5.41) is 2.42. The molecule has 1 heterocycles. The first-order valence-corrected chi connectivity index (χ1v) is 5.62. The highest BCUT2D eigenvalue weighted by atomic mass is 19.4. The lowest BCUT2D eigenvalue weighted by atomic mass is 10.3. The topological polar surface area (TPSA) is 96.2 Å². The molecule has 0 radical (unpaired) electrons. The summed E-state index contributed by atoms with van der Waals surface area (Å²) >= 11 is 0. The molecule has 112 valence electrons. The number of alkyl halides is 3. The van der Waals surface area contributed by atoms with Gasteiger partial charge in [-0.2, -0.15) is 13.2 Å². The smallest absolute Gasteiger partial charge is 0.359 e. The van der Waals surface area contributed by atoms with Crippen LogP contribution in [0.3, 0.4) is 0 Å². The number of hydrogen-bond acceptors (Lipinski definition) is 6. The monoisotopic (exact) mass is 292 g/mol. The first-order valence-electron chi connectivity index (χ1n) is 5.62. The Morgan fingerprint density at radius 3 is 2.60 bits per heavy atom. The van der Waals surface area contributed by atoms with Crippen LogP contribution in [0.4, 0.5) is 24.8 Å². The summed E-state index contributed by atoms with van der Waals surface area (Å²) in [7, 11) is 3.00. The predicted molar refractivity (Wildman–Crippen MR) is 66.8 cm³/mol. The van der Waals surface area contributed by atoms with Crippen molar-refractivity contribution in [2.24, 2.45) is 5.84 Å². The minimum Gasteiger partial charge on any atom is -0.359 e. The Morgan fingerprint density at radius 2 is 2.10 bits per heavy atom. The Kier molecular flexibility index (Phi) is 5.08. The highest BCUT2D eigenvalue weighted by Gasteiger charge is 2.35. The maximum Gasteiger partial charge on any atom is 0.451 e. The molecule has 0 aliphatic rings. The molecule has 0 saturated heterocycles. The quantitative estimate of drug-likeness (QED) is 0.535. The van der Waals surface area contributed by atoms with E-state index in [1.54, 1.807) is 0 Å². The third-order valence-electron chi connectivity index (χ3n) is 2.46. The van der Waals surface area contributed by atoms with Gasteiger partial charge < -0.3 is 15.6 Å². The number of carbonyl (C=O) groups excluding carboxylic acids is 1. The Balaban J connectivity index is 2.96. The molecule has 0 aromatic carbocycles. The number of aromatic nitrogens is 2. The Labute approximate surface area is 113 Å². The molecule has 0 bridgehead atoms. The second kappa shape index (κ2) is 6.37. The lowest BCUT2D eigenvalue weighted by Crippen LogP contribution is -2.28. The molecule has 1 aromatic rings. The zero-order valence-corrected chi connectivity index (χ0v) is 11.0. The van der Waals surface area contributed by atoms with Crippen molar-refractivity contribution in [2.75, 3.05) is 31.0 Å². The summed E-state index contributed by atoms with van der Waals surface area (Å²) in [4.78, 5) is 19.2. The van der Waals surface area contributed by atoms with E-state index in [0.29, 0.717) is 0 Å². The third-order valence-corrected chi connectivity index (χ3v) is 2.46. The number of hydrazine groups is 1. The fraction of sp³-hybridized carbons (Fsp3) is 0.500. The van der Waals surface area contributed by atoms with Gasteiger partial charge in [0, 0.05) is 33.1 Å². The van der Waals surface area contributed by atoms with Crippen LogP contribution in [0.2, 0.25) is 0 Å². The van der Waals surface area contributed by atoms with Crippen molar-refractivity contribution in [3.63, 3.8) is 0 Å². The van der Waals surface area contributed by atoms with Gasteiger partial charge in [-0.05, 0) is 0 Å². The Morgan fingerprint density at radius 1 is 1.45 bits per heavy atom. The van der Waals surface area contributed by atoms with Crippen molar-refractivity contribution >= 4 is 17.5 Å². The van der Waals surface area contributed by atoms with Crippen LogP contribution >= 0.6 is 0 Å². The molecule has 0 aliphatic carbocycles. The minimum atomic E-state index is -4.68. The molecule has 0 spiro atoms. The van der Waals surface area contributed by atoms with Gasteiger partial charge in [-0.3, -0.25) is 4.79 Å². The van der Waals surface area contributed by atoms with E-state index >= 15 is 0 Å². The van der Waals surface area contributed by atoms with Gasteiger partial charge in [-0.1, -0.05) is 0 Å². The van der Waals surface area contributed by atoms with Gasteiger partial charge in [-0.15, -0.1) is 0 Å². The van der Waals surface area contributed by atoms with Crippen LogP contribution in [0.25, 0.3) is 0 Å². The zero-order valence-electron chi connectivity index (χ0n) is 11.0. The van der Waals surface area contributed by atoms with Crippen molar-refractivity contribution in [1.82, 2.24) is 15.3 Å². The second-order valence-corrected chi connectivity index (χ2v) is 3.92. The van der Waals surface area contributed by atoms with Gasteiger partial charge in [0.25, 0.3) is 0 Å². The summed E-state index contributed by atoms with van der Waals surface area (Å²) in [5.74, 6) is 3.42. The molecule has 20 heavy (non-hydrogen) atoms. The highest BCUT2D eigenvalue weighted by molar-refractivity contribution is 5.76. The van der Waals surface area contributed by atoms with E-state index in [2.05, 4.69) is 20.7 Å². The molecule has 10 heteroatoms. The van der Waals surface area contributed by atoms with Crippen LogP contribution in [0.1, 0.15) is 12.2 Å². The molecular weight excluding hydrogens is 277 g/mol. The Hall–Kier alpha value is -2.10. The number of nitrogens with zero attached hydrogens (tertiary/aromatic N) is 3. The molecule has 1 aromatic heterocycles. The maximum absolute atomic E-state index is 12.6. The SMILES string of the molecule is CNC(=O)CCN(C)c1cc(NN)nc(C(F)(F)F)n1. The minimum absolute atomic E-state index is 0.0178. The number of rotatable bonds is 5. The average Bonchev–Trinajstić information content (AvgIpc) is 2.42. The number of carbonyl (C=O) groups is 1. The van der Waals surface area contributed by atoms with Crippen molar-refractivity contribution in [3.05, 3.63) is 11.9 Å². The second-order valence-electron chi connectivity index (χ2n) is 3.92. The predicted octanol–water partition coefficient (Wildman–Crippen LogP) is 0.353. The van der Waals surface area contributed by atoms with Crippen molar-refractivity contribution in [2.45, 2.75) is 12.6 Å². The molecule has 0 atom stereocenters. The first kappa shape index (κ1) is 16.0. The summed E-state index contributed by atoms with van der Waals surface area (Å²) in [6.07, 6.45) is -4.55. The van der Waals surface area contributed by atoms with Gasteiger partial charge in [-0.25, -0.2) is 15.8 Å².